The maximum atomic E-state index is 11.8. The van der Waals surface area contributed by atoms with Crippen LogP contribution in [0.15, 0.2) is 18.3 Å². The minimum atomic E-state index is 0.189. The number of pyridine rings is 1. The third-order valence-corrected chi connectivity index (χ3v) is 3.64. The number of nitriles is 1. The average Bonchev–Trinajstić information content (AvgIpc) is 2.47. The molecular formula is C13H16N4OS. The molecule has 0 saturated carbocycles. The molecule has 1 amide bonds. The Morgan fingerprint density at radius 1 is 1.47 bits per heavy atom. The van der Waals surface area contributed by atoms with Crippen LogP contribution in [-0.4, -0.2) is 54.0 Å². The van der Waals surface area contributed by atoms with Gasteiger partial charge in [-0.25, -0.2) is 4.98 Å². The number of carbonyl (C=O) groups excluding carboxylic acids is 1. The first-order chi connectivity index (χ1) is 9.26. The van der Waals surface area contributed by atoms with E-state index in [-0.39, 0.29) is 5.91 Å². The van der Waals surface area contributed by atoms with Gasteiger partial charge in [-0.15, -0.1) is 0 Å². The molecule has 0 bridgehead atoms. The van der Waals surface area contributed by atoms with Crippen molar-refractivity contribution in [1.29, 1.82) is 5.26 Å². The Hall–Kier alpha value is -1.74. The van der Waals surface area contributed by atoms with Crippen molar-refractivity contribution < 1.29 is 4.79 Å². The number of hydrogen-bond acceptors (Lipinski definition) is 5. The molecule has 100 valence electrons. The van der Waals surface area contributed by atoms with Crippen LogP contribution in [0.4, 0.5) is 5.82 Å². The highest BCUT2D eigenvalue weighted by Gasteiger charge is 2.22. The van der Waals surface area contributed by atoms with Crippen LogP contribution < -0.4 is 4.90 Å². The molecule has 0 N–H and O–H groups in total. The lowest BCUT2D eigenvalue weighted by Gasteiger charge is -2.35. The normalized spacial score (nSPS) is 15.2. The van der Waals surface area contributed by atoms with Gasteiger partial charge in [-0.1, -0.05) is 0 Å². The molecule has 1 saturated heterocycles. The van der Waals surface area contributed by atoms with Gasteiger partial charge in [0, 0.05) is 32.4 Å². The van der Waals surface area contributed by atoms with E-state index in [9.17, 15) is 4.79 Å². The van der Waals surface area contributed by atoms with Crippen molar-refractivity contribution in [2.24, 2.45) is 0 Å². The SMILES string of the molecule is CSCC(=O)N1CCN(c2ncccc2C#N)CC1. The molecule has 1 aromatic rings. The van der Waals surface area contributed by atoms with E-state index >= 15 is 0 Å². The van der Waals surface area contributed by atoms with E-state index in [0.29, 0.717) is 24.4 Å². The van der Waals surface area contributed by atoms with E-state index in [1.54, 1.807) is 30.1 Å². The summed E-state index contributed by atoms with van der Waals surface area (Å²) in [5.41, 5.74) is 0.589. The van der Waals surface area contributed by atoms with Gasteiger partial charge < -0.3 is 9.80 Å². The molecule has 0 aliphatic carbocycles. The van der Waals surface area contributed by atoms with Crippen LogP contribution in [0.1, 0.15) is 5.56 Å². The smallest absolute Gasteiger partial charge is 0.232 e. The van der Waals surface area contributed by atoms with Crippen molar-refractivity contribution in [3.05, 3.63) is 23.9 Å². The van der Waals surface area contributed by atoms with Gasteiger partial charge in [0.25, 0.3) is 0 Å². The van der Waals surface area contributed by atoms with E-state index in [1.807, 2.05) is 11.2 Å². The zero-order valence-electron chi connectivity index (χ0n) is 10.9. The van der Waals surface area contributed by atoms with Crippen LogP contribution in [-0.2, 0) is 4.79 Å². The highest BCUT2D eigenvalue weighted by atomic mass is 32.2. The molecule has 0 radical (unpaired) electrons. The Morgan fingerprint density at radius 2 is 2.21 bits per heavy atom. The number of carbonyl (C=O) groups is 1. The third-order valence-electron chi connectivity index (χ3n) is 3.11. The van der Waals surface area contributed by atoms with Crippen molar-refractivity contribution in [3.63, 3.8) is 0 Å². The first kappa shape index (κ1) is 13.7. The molecule has 2 heterocycles. The minimum absolute atomic E-state index is 0.189. The zero-order valence-corrected chi connectivity index (χ0v) is 11.7. The summed E-state index contributed by atoms with van der Waals surface area (Å²) in [5.74, 6) is 1.45. The molecule has 5 nitrogen and oxygen atoms in total. The van der Waals surface area contributed by atoms with Crippen molar-refractivity contribution in [1.82, 2.24) is 9.88 Å². The first-order valence-electron chi connectivity index (χ1n) is 6.13. The molecule has 2 rings (SSSR count). The lowest BCUT2D eigenvalue weighted by molar-refractivity contribution is -0.128. The van der Waals surface area contributed by atoms with E-state index in [4.69, 9.17) is 5.26 Å². The molecule has 1 aliphatic heterocycles. The Bertz CT molecular complexity index is 492. The molecule has 0 atom stereocenters. The predicted octanol–water partition coefficient (Wildman–Crippen LogP) is 0.965. The van der Waals surface area contributed by atoms with Gasteiger partial charge in [-0.3, -0.25) is 4.79 Å². The fourth-order valence-corrected chi connectivity index (χ4v) is 2.55. The fraction of sp³-hybridized carbons (Fsp3) is 0.462. The van der Waals surface area contributed by atoms with Gasteiger partial charge in [-0.05, 0) is 18.4 Å². The van der Waals surface area contributed by atoms with E-state index in [0.717, 1.165) is 18.9 Å². The van der Waals surface area contributed by atoms with Crippen LogP contribution in [0.3, 0.4) is 0 Å². The Morgan fingerprint density at radius 3 is 2.84 bits per heavy atom. The number of aromatic nitrogens is 1. The van der Waals surface area contributed by atoms with Crippen LogP contribution in [0, 0.1) is 11.3 Å². The Labute approximate surface area is 117 Å². The number of thioether (sulfide) groups is 1. The highest BCUT2D eigenvalue weighted by Crippen LogP contribution is 2.18. The number of amides is 1. The standard InChI is InChI=1S/C13H16N4OS/c1-19-10-12(18)16-5-7-17(8-6-16)13-11(9-14)3-2-4-15-13/h2-4H,5-8,10H2,1H3. The summed E-state index contributed by atoms with van der Waals surface area (Å²) in [6.45, 7) is 2.85. The van der Waals surface area contributed by atoms with E-state index < -0.39 is 0 Å². The van der Waals surface area contributed by atoms with Crippen LogP contribution >= 0.6 is 11.8 Å². The highest BCUT2D eigenvalue weighted by molar-refractivity contribution is 7.99. The summed E-state index contributed by atoms with van der Waals surface area (Å²) in [7, 11) is 0. The number of hydrogen-bond donors (Lipinski definition) is 0. The summed E-state index contributed by atoms with van der Waals surface area (Å²) in [6, 6.07) is 5.69. The predicted molar refractivity (Wildman–Crippen MR) is 76.1 cm³/mol. The minimum Gasteiger partial charge on any atom is -0.352 e. The van der Waals surface area contributed by atoms with Crippen molar-refractivity contribution in [3.8, 4) is 6.07 Å². The van der Waals surface area contributed by atoms with Crippen LogP contribution in [0.25, 0.3) is 0 Å². The zero-order chi connectivity index (χ0) is 13.7. The molecule has 6 heteroatoms. The van der Waals surface area contributed by atoms with Gasteiger partial charge >= 0.3 is 0 Å². The number of rotatable bonds is 3. The second-order valence-corrected chi connectivity index (χ2v) is 5.15. The molecule has 19 heavy (non-hydrogen) atoms. The Balaban J connectivity index is 2.00. The molecule has 0 aromatic carbocycles. The summed E-state index contributed by atoms with van der Waals surface area (Å²) < 4.78 is 0. The molecule has 1 aliphatic rings. The van der Waals surface area contributed by atoms with Gasteiger partial charge in [0.1, 0.15) is 11.9 Å². The Kier molecular flexibility index (Phi) is 4.63. The summed E-state index contributed by atoms with van der Waals surface area (Å²) >= 11 is 1.55. The fourth-order valence-electron chi connectivity index (χ4n) is 2.12. The summed E-state index contributed by atoms with van der Waals surface area (Å²) in [4.78, 5) is 20.0. The number of nitrogens with zero attached hydrogens (tertiary/aromatic N) is 4. The molecular weight excluding hydrogens is 260 g/mol. The van der Waals surface area contributed by atoms with Gasteiger partial charge in [0.15, 0.2) is 0 Å². The second kappa shape index (κ2) is 6.43. The summed E-state index contributed by atoms with van der Waals surface area (Å²) in [5, 5.41) is 9.08. The number of piperazine rings is 1. The second-order valence-electron chi connectivity index (χ2n) is 4.29. The topological polar surface area (TPSA) is 60.2 Å². The van der Waals surface area contributed by atoms with Gasteiger partial charge in [-0.2, -0.15) is 17.0 Å². The van der Waals surface area contributed by atoms with E-state index in [1.165, 1.54) is 0 Å². The monoisotopic (exact) mass is 276 g/mol. The number of anilines is 1. The lowest BCUT2D eigenvalue weighted by Crippen LogP contribution is -2.49. The van der Waals surface area contributed by atoms with Crippen molar-refractivity contribution in [2.75, 3.05) is 43.1 Å². The van der Waals surface area contributed by atoms with Crippen molar-refractivity contribution >= 4 is 23.5 Å². The first-order valence-corrected chi connectivity index (χ1v) is 7.52. The maximum Gasteiger partial charge on any atom is 0.232 e. The lowest BCUT2D eigenvalue weighted by atomic mass is 10.2. The van der Waals surface area contributed by atoms with E-state index in [2.05, 4.69) is 16.0 Å². The van der Waals surface area contributed by atoms with Crippen molar-refractivity contribution in [2.45, 2.75) is 0 Å². The quantitative estimate of drug-likeness (QED) is 0.823. The van der Waals surface area contributed by atoms with Crippen LogP contribution in [0.2, 0.25) is 0 Å². The molecule has 0 unspecified atom stereocenters. The van der Waals surface area contributed by atoms with Crippen LogP contribution in [0.5, 0.6) is 0 Å². The van der Waals surface area contributed by atoms with Gasteiger partial charge in [0.05, 0.1) is 11.3 Å². The van der Waals surface area contributed by atoms with Gasteiger partial charge in [0.2, 0.25) is 5.91 Å². The molecule has 1 aromatic heterocycles. The molecule has 1 fully saturated rings. The largest absolute Gasteiger partial charge is 0.352 e. The molecule has 0 spiro atoms. The third kappa shape index (κ3) is 3.18. The average molecular weight is 276 g/mol. The maximum absolute atomic E-state index is 11.8. The summed E-state index contributed by atoms with van der Waals surface area (Å²) in [6.07, 6.45) is 3.63.